The van der Waals surface area contributed by atoms with Crippen LogP contribution in [0.4, 0.5) is 0 Å². The van der Waals surface area contributed by atoms with Crippen molar-refractivity contribution in [3.8, 4) is 11.5 Å². The summed E-state index contributed by atoms with van der Waals surface area (Å²) in [5, 5.41) is 17.0. The summed E-state index contributed by atoms with van der Waals surface area (Å²) in [6.45, 7) is 7.97. The molecule has 2 heterocycles. The normalized spacial score (nSPS) is 19.2. The van der Waals surface area contributed by atoms with E-state index in [-0.39, 0.29) is 5.91 Å². The number of aromatic nitrogens is 1. The second-order valence-corrected chi connectivity index (χ2v) is 6.86. The number of phenols is 1. The number of hydrogen-bond donors (Lipinski definition) is 2. The van der Waals surface area contributed by atoms with Crippen LogP contribution in [0.2, 0.25) is 0 Å². The Balaban J connectivity index is 1.75. The van der Waals surface area contributed by atoms with E-state index in [1.165, 1.54) is 6.26 Å². The van der Waals surface area contributed by atoms with Gasteiger partial charge in [0.2, 0.25) is 0 Å². The molecule has 6 nitrogen and oxygen atoms in total. The van der Waals surface area contributed by atoms with Crippen molar-refractivity contribution < 1.29 is 19.2 Å². The molecule has 3 rings (SSSR count). The van der Waals surface area contributed by atoms with Crippen LogP contribution in [0.25, 0.3) is 0 Å². The number of carbonyl (C=O) groups excluding carboxylic acids is 1. The van der Waals surface area contributed by atoms with Gasteiger partial charge in [0.15, 0.2) is 5.60 Å². The maximum atomic E-state index is 12.7. The molecule has 1 unspecified atom stereocenters. The van der Waals surface area contributed by atoms with Crippen LogP contribution in [0.3, 0.4) is 0 Å². The largest absolute Gasteiger partial charge is 0.507 e. The Kier molecular flexibility index (Phi) is 4.45. The Bertz CT molecular complexity index is 798. The molecule has 25 heavy (non-hydrogen) atoms. The predicted molar refractivity (Wildman–Crippen MR) is 92.9 cm³/mol. The van der Waals surface area contributed by atoms with Crippen LogP contribution in [0, 0.1) is 20.8 Å². The molecule has 0 saturated heterocycles. The maximum Gasteiger partial charge on any atom is 0.263 e. The number of rotatable bonds is 4. The molecule has 0 fully saturated rings. The number of benzene rings is 1. The molecule has 2 N–H and O–H groups in total. The number of ether oxygens (including phenoxy) is 1. The molecule has 1 atom stereocenters. The highest BCUT2D eigenvalue weighted by molar-refractivity contribution is 5.85. The summed E-state index contributed by atoms with van der Waals surface area (Å²) >= 11 is 0. The van der Waals surface area contributed by atoms with Gasteiger partial charge in [0.25, 0.3) is 5.91 Å². The van der Waals surface area contributed by atoms with Crippen molar-refractivity contribution in [2.24, 2.45) is 0 Å². The second-order valence-electron chi connectivity index (χ2n) is 6.86. The first-order valence-corrected chi connectivity index (χ1v) is 8.51. The standard InChI is InChI=1S/C19H24N2O4/c1-11-12(2)17-15(13(3)16(11)22)5-8-19(4,25-17)18(23)20-9-6-14-7-10-24-21-14/h7,10,22H,5-6,8-9H2,1-4H3,(H,20,23). The summed E-state index contributed by atoms with van der Waals surface area (Å²) in [4.78, 5) is 12.7. The Morgan fingerprint density at radius 2 is 2.08 bits per heavy atom. The van der Waals surface area contributed by atoms with E-state index < -0.39 is 5.60 Å². The molecule has 2 aromatic rings. The van der Waals surface area contributed by atoms with E-state index in [4.69, 9.17) is 9.26 Å². The summed E-state index contributed by atoms with van der Waals surface area (Å²) in [6, 6.07) is 1.78. The molecular weight excluding hydrogens is 320 g/mol. The summed E-state index contributed by atoms with van der Waals surface area (Å²) in [5.41, 5.74) is 3.40. The van der Waals surface area contributed by atoms with Gasteiger partial charge in [-0.3, -0.25) is 4.79 Å². The van der Waals surface area contributed by atoms with E-state index in [0.717, 1.165) is 33.7 Å². The van der Waals surface area contributed by atoms with E-state index in [1.54, 1.807) is 6.07 Å². The van der Waals surface area contributed by atoms with Gasteiger partial charge >= 0.3 is 0 Å². The highest BCUT2D eigenvalue weighted by Gasteiger charge is 2.40. The predicted octanol–water partition coefficient (Wildman–Crippen LogP) is 2.75. The fourth-order valence-corrected chi connectivity index (χ4v) is 3.27. The molecule has 0 spiro atoms. The van der Waals surface area contributed by atoms with E-state index >= 15 is 0 Å². The molecule has 0 aliphatic carbocycles. The van der Waals surface area contributed by atoms with Crippen molar-refractivity contribution in [1.82, 2.24) is 10.5 Å². The fourth-order valence-electron chi connectivity index (χ4n) is 3.27. The van der Waals surface area contributed by atoms with Crippen molar-refractivity contribution in [2.75, 3.05) is 6.54 Å². The number of hydrogen-bond acceptors (Lipinski definition) is 5. The van der Waals surface area contributed by atoms with Crippen molar-refractivity contribution in [2.45, 2.75) is 52.6 Å². The van der Waals surface area contributed by atoms with Gasteiger partial charge < -0.3 is 19.7 Å². The molecule has 1 aromatic heterocycles. The van der Waals surface area contributed by atoms with Gasteiger partial charge in [0.1, 0.15) is 17.8 Å². The van der Waals surface area contributed by atoms with Gasteiger partial charge in [-0.15, -0.1) is 0 Å². The summed E-state index contributed by atoms with van der Waals surface area (Å²) in [7, 11) is 0. The van der Waals surface area contributed by atoms with Gasteiger partial charge in [-0.1, -0.05) is 5.16 Å². The average molecular weight is 344 g/mol. The monoisotopic (exact) mass is 344 g/mol. The van der Waals surface area contributed by atoms with E-state index in [9.17, 15) is 9.90 Å². The minimum absolute atomic E-state index is 0.135. The van der Waals surface area contributed by atoms with Crippen molar-refractivity contribution in [1.29, 1.82) is 0 Å². The summed E-state index contributed by atoms with van der Waals surface area (Å²) < 4.78 is 10.9. The smallest absolute Gasteiger partial charge is 0.263 e. The van der Waals surface area contributed by atoms with Crippen LogP contribution in [-0.4, -0.2) is 28.3 Å². The lowest BCUT2D eigenvalue weighted by Gasteiger charge is -2.36. The van der Waals surface area contributed by atoms with Crippen LogP contribution < -0.4 is 10.1 Å². The number of fused-ring (bicyclic) bond motifs is 1. The van der Waals surface area contributed by atoms with Gasteiger partial charge in [-0.2, -0.15) is 0 Å². The first-order chi connectivity index (χ1) is 11.8. The third kappa shape index (κ3) is 3.08. The van der Waals surface area contributed by atoms with Crippen LogP contribution in [0.1, 0.15) is 41.3 Å². The minimum Gasteiger partial charge on any atom is -0.507 e. The lowest BCUT2D eigenvalue weighted by atomic mass is 9.86. The summed E-state index contributed by atoms with van der Waals surface area (Å²) in [6.07, 6.45) is 3.39. The number of nitrogens with zero attached hydrogens (tertiary/aromatic N) is 1. The zero-order valence-corrected chi connectivity index (χ0v) is 15.1. The van der Waals surface area contributed by atoms with Gasteiger partial charge in [0.05, 0.1) is 5.69 Å². The first kappa shape index (κ1) is 17.3. The molecule has 1 aliphatic heterocycles. The van der Waals surface area contributed by atoms with Gasteiger partial charge in [0, 0.05) is 31.0 Å². The molecule has 1 amide bonds. The third-order valence-electron chi connectivity index (χ3n) is 5.16. The van der Waals surface area contributed by atoms with Crippen molar-refractivity contribution >= 4 is 5.91 Å². The van der Waals surface area contributed by atoms with E-state index in [2.05, 4.69) is 10.5 Å². The quantitative estimate of drug-likeness (QED) is 0.891. The number of aromatic hydroxyl groups is 1. The minimum atomic E-state index is -0.919. The molecule has 0 bridgehead atoms. The van der Waals surface area contributed by atoms with E-state index in [0.29, 0.717) is 31.6 Å². The van der Waals surface area contributed by atoms with Crippen LogP contribution in [-0.2, 0) is 17.6 Å². The molecule has 1 aliphatic rings. The third-order valence-corrected chi connectivity index (χ3v) is 5.16. The molecule has 1 aromatic carbocycles. The Morgan fingerprint density at radius 1 is 1.32 bits per heavy atom. The van der Waals surface area contributed by atoms with Gasteiger partial charge in [-0.25, -0.2) is 0 Å². The summed E-state index contributed by atoms with van der Waals surface area (Å²) in [5.74, 6) is 0.915. The van der Waals surface area contributed by atoms with Crippen LogP contribution in [0.5, 0.6) is 11.5 Å². The molecule has 6 heteroatoms. The topological polar surface area (TPSA) is 84.6 Å². The SMILES string of the molecule is Cc1c(C)c2c(c(C)c1O)CCC(C)(C(=O)NCCc1ccon1)O2. The van der Waals surface area contributed by atoms with E-state index in [1.807, 2.05) is 27.7 Å². The zero-order valence-electron chi connectivity index (χ0n) is 15.1. The zero-order chi connectivity index (χ0) is 18.2. The average Bonchev–Trinajstić information content (AvgIpc) is 3.11. The van der Waals surface area contributed by atoms with Crippen molar-refractivity contribution in [3.63, 3.8) is 0 Å². The highest BCUT2D eigenvalue weighted by Crippen LogP contribution is 2.43. The van der Waals surface area contributed by atoms with Crippen LogP contribution >= 0.6 is 0 Å². The van der Waals surface area contributed by atoms with Gasteiger partial charge in [-0.05, 0) is 50.8 Å². The maximum absolute atomic E-state index is 12.7. The Morgan fingerprint density at radius 3 is 2.76 bits per heavy atom. The molecular formula is C19H24N2O4. The van der Waals surface area contributed by atoms with Crippen LogP contribution in [0.15, 0.2) is 16.9 Å². The molecule has 0 saturated carbocycles. The van der Waals surface area contributed by atoms with Crippen molar-refractivity contribution in [3.05, 3.63) is 40.3 Å². The number of amides is 1. The molecule has 134 valence electrons. The number of nitrogens with one attached hydrogen (secondary N) is 1. The number of phenolic OH excluding ortho intramolecular Hbond substituents is 1. The highest BCUT2D eigenvalue weighted by atomic mass is 16.5. The second kappa shape index (κ2) is 6.43. The first-order valence-electron chi connectivity index (χ1n) is 8.51. The number of carbonyl (C=O) groups is 1. The lowest BCUT2D eigenvalue weighted by molar-refractivity contribution is -0.136. The fraction of sp³-hybridized carbons (Fsp3) is 0.474. The lowest BCUT2D eigenvalue weighted by Crippen LogP contribution is -2.51. The Labute approximate surface area is 147 Å². The molecule has 0 radical (unpaired) electrons. The Hall–Kier alpha value is -2.50.